The molecule has 0 bridgehead atoms. The minimum Gasteiger partial charge on any atom is -0.339 e. The molecular weight excluding hydrogens is 288 g/mol. The van der Waals surface area contributed by atoms with Gasteiger partial charge < -0.3 is 4.90 Å². The van der Waals surface area contributed by atoms with Crippen molar-refractivity contribution >= 4 is 27.5 Å². The van der Waals surface area contributed by atoms with Crippen LogP contribution in [-0.2, 0) is 0 Å². The van der Waals surface area contributed by atoms with Gasteiger partial charge in [0, 0.05) is 35.3 Å². The number of benzene rings is 1. The summed E-state index contributed by atoms with van der Waals surface area (Å²) in [6.45, 7) is 4.90. The van der Waals surface area contributed by atoms with Gasteiger partial charge >= 0.3 is 0 Å². The molecule has 0 fully saturated rings. The average molecular weight is 301 g/mol. The third-order valence-corrected chi connectivity index (χ3v) is 2.85. The summed E-state index contributed by atoms with van der Waals surface area (Å²) < 4.78 is 0.530. The molecule has 0 heterocycles. The van der Waals surface area contributed by atoms with Crippen molar-refractivity contribution in [2.45, 2.75) is 13.8 Å². The summed E-state index contributed by atoms with van der Waals surface area (Å²) in [7, 11) is 0. The lowest BCUT2D eigenvalue weighted by Gasteiger charge is -2.18. The molecule has 0 aliphatic heterocycles. The monoisotopic (exact) mass is 300 g/mol. The number of non-ortho nitro benzene ring substituents is 1. The Labute approximate surface area is 108 Å². The Morgan fingerprint density at radius 1 is 1.35 bits per heavy atom. The standard InChI is InChI=1S/C11H13BrN2O3/c1-3-13(4-2)11(15)8-5-9(12)7-10(6-8)14(16)17/h5-7H,3-4H2,1-2H3. The zero-order valence-corrected chi connectivity index (χ0v) is 11.2. The highest BCUT2D eigenvalue weighted by atomic mass is 79.9. The number of nitrogens with zero attached hydrogens (tertiary/aromatic N) is 2. The van der Waals surface area contributed by atoms with Crippen LogP contribution in [0.15, 0.2) is 22.7 Å². The van der Waals surface area contributed by atoms with Crippen molar-refractivity contribution in [3.05, 3.63) is 38.3 Å². The van der Waals surface area contributed by atoms with Crippen molar-refractivity contribution in [2.75, 3.05) is 13.1 Å². The second-order valence-electron chi connectivity index (χ2n) is 3.43. The van der Waals surface area contributed by atoms with Gasteiger partial charge in [0.2, 0.25) is 0 Å². The summed E-state index contributed by atoms with van der Waals surface area (Å²) in [5, 5.41) is 10.7. The fourth-order valence-electron chi connectivity index (χ4n) is 1.50. The molecule has 6 heteroatoms. The van der Waals surface area contributed by atoms with Crippen LogP contribution in [0.4, 0.5) is 5.69 Å². The van der Waals surface area contributed by atoms with Crippen LogP contribution >= 0.6 is 15.9 Å². The van der Waals surface area contributed by atoms with E-state index in [1.165, 1.54) is 12.1 Å². The molecule has 1 rings (SSSR count). The third-order valence-electron chi connectivity index (χ3n) is 2.39. The van der Waals surface area contributed by atoms with E-state index in [0.717, 1.165) is 0 Å². The molecule has 0 radical (unpaired) electrons. The van der Waals surface area contributed by atoms with E-state index < -0.39 is 4.92 Å². The number of rotatable bonds is 4. The second kappa shape index (κ2) is 5.77. The van der Waals surface area contributed by atoms with E-state index in [0.29, 0.717) is 23.1 Å². The summed E-state index contributed by atoms with van der Waals surface area (Å²) in [5.41, 5.74) is 0.240. The van der Waals surface area contributed by atoms with Gasteiger partial charge in [0.25, 0.3) is 11.6 Å². The summed E-state index contributed by atoms with van der Waals surface area (Å²) in [4.78, 5) is 23.8. The van der Waals surface area contributed by atoms with E-state index in [-0.39, 0.29) is 11.6 Å². The van der Waals surface area contributed by atoms with E-state index in [9.17, 15) is 14.9 Å². The minimum absolute atomic E-state index is 0.0881. The molecule has 0 unspecified atom stereocenters. The first kappa shape index (κ1) is 13.6. The number of halogens is 1. The summed E-state index contributed by atoms with van der Waals surface area (Å²) in [6.07, 6.45) is 0. The Balaban J connectivity index is 3.13. The van der Waals surface area contributed by atoms with Crippen LogP contribution in [0.25, 0.3) is 0 Å². The molecule has 1 amide bonds. The Bertz CT molecular complexity index is 444. The zero-order valence-electron chi connectivity index (χ0n) is 9.64. The lowest BCUT2D eigenvalue weighted by Crippen LogP contribution is -2.30. The molecule has 1 aromatic carbocycles. The van der Waals surface area contributed by atoms with Crippen molar-refractivity contribution < 1.29 is 9.72 Å². The molecule has 0 spiro atoms. The van der Waals surface area contributed by atoms with Crippen LogP contribution in [0.5, 0.6) is 0 Å². The second-order valence-corrected chi connectivity index (χ2v) is 4.35. The molecule has 17 heavy (non-hydrogen) atoms. The Morgan fingerprint density at radius 3 is 2.41 bits per heavy atom. The number of hydrogen-bond donors (Lipinski definition) is 0. The van der Waals surface area contributed by atoms with Crippen molar-refractivity contribution in [1.29, 1.82) is 0 Å². The molecule has 0 saturated heterocycles. The van der Waals surface area contributed by atoms with Gasteiger partial charge in [-0.25, -0.2) is 0 Å². The number of nitro groups is 1. The SMILES string of the molecule is CCN(CC)C(=O)c1cc(Br)cc([N+](=O)[O-])c1. The fraction of sp³-hybridized carbons (Fsp3) is 0.364. The maximum atomic E-state index is 12.0. The van der Waals surface area contributed by atoms with Gasteiger partial charge in [-0.2, -0.15) is 0 Å². The summed E-state index contributed by atoms with van der Waals surface area (Å²) in [5.74, 6) is -0.195. The first-order chi connectivity index (χ1) is 7.99. The average Bonchev–Trinajstić information content (AvgIpc) is 2.29. The maximum Gasteiger partial charge on any atom is 0.271 e. The van der Waals surface area contributed by atoms with Crippen molar-refractivity contribution in [1.82, 2.24) is 4.90 Å². The predicted molar refractivity (Wildman–Crippen MR) is 68.0 cm³/mol. The van der Waals surface area contributed by atoms with Gasteiger partial charge in [0.05, 0.1) is 4.92 Å². The van der Waals surface area contributed by atoms with Gasteiger partial charge in [0.15, 0.2) is 0 Å². The van der Waals surface area contributed by atoms with E-state index in [1.807, 2.05) is 13.8 Å². The normalized spacial score (nSPS) is 10.1. The predicted octanol–water partition coefficient (Wildman–Crippen LogP) is 2.84. The van der Waals surface area contributed by atoms with E-state index in [1.54, 1.807) is 11.0 Å². The lowest BCUT2D eigenvalue weighted by atomic mass is 10.1. The van der Waals surface area contributed by atoms with Crippen LogP contribution in [-0.4, -0.2) is 28.8 Å². The first-order valence-electron chi connectivity index (χ1n) is 5.23. The van der Waals surface area contributed by atoms with E-state index in [4.69, 9.17) is 0 Å². The molecule has 0 N–H and O–H groups in total. The van der Waals surface area contributed by atoms with Crippen LogP contribution in [0, 0.1) is 10.1 Å². The van der Waals surface area contributed by atoms with Gasteiger partial charge in [-0.05, 0) is 19.9 Å². The Kier molecular flexibility index (Phi) is 4.62. The molecule has 0 aliphatic rings. The molecule has 92 valence electrons. The highest BCUT2D eigenvalue weighted by Crippen LogP contribution is 2.22. The number of carbonyl (C=O) groups excluding carboxylic acids is 1. The topological polar surface area (TPSA) is 63.5 Å². The highest BCUT2D eigenvalue weighted by molar-refractivity contribution is 9.10. The summed E-state index contributed by atoms with van der Waals surface area (Å²) >= 11 is 3.17. The van der Waals surface area contributed by atoms with Crippen molar-refractivity contribution in [3.8, 4) is 0 Å². The molecule has 0 aromatic heterocycles. The third kappa shape index (κ3) is 3.26. The van der Waals surface area contributed by atoms with Crippen LogP contribution in [0.2, 0.25) is 0 Å². The number of amides is 1. The van der Waals surface area contributed by atoms with E-state index in [2.05, 4.69) is 15.9 Å². The van der Waals surface area contributed by atoms with Gasteiger partial charge in [-0.1, -0.05) is 15.9 Å². The number of nitro benzene ring substituents is 1. The number of carbonyl (C=O) groups is 1. The summed E-state index contributed by atoms with van der Waals surface area (Å²) in [6, 6.07) is 4.26. The molecule has 0 aliphatic carbocycles. The molecular formula is C11H13BrN2O3. The molecule has 1 aromatic rings. The quantitative estimate of drug-likeness (QED) is 0.634. The van der Waals surface area contributed by atoms with Gasteiger partial charge in [-0.3, -0.25) is 14.9 Å². The molecule has 0 saturated carbocycles. The Morgan fingerprint density at radius 2 is 1.94 bits per heavy atom. The smallest absolute Gasteiger partial charge is 0.271 e. The molecule has 5 nitrogen and oxygen atoms in total. The fourth-order valence-corrected chi connectivity index (χ4v) is 1.98. The van der Waals surface area contributed by atoms with Crippen LogP contribution in [0.3, 0.4) is 0 Å². The van der Waals surface area contributed by atoms with Crippen LogP contribution in [0.1, 0.15) is 24.2 Å². The van der Waals surface area contributed by atoms with Gasteiger partial charge in [-0.15, -0.1) is 0 Å². The zero-order chi connectivity index (χ0) is 13.0. The highest BCUT2D eigenvalue weighted by Gasteiger charge is 2.17. The van der Waals surface area contributed by atoms with Crippen molar-refractivity contribution in [3.63, 3.8) is 0 Å². The maximum absolute atomic E-state index is 12.0. The van der Waals surface area contributed by atoms with Gasteiger partial charge in [0.1, 0.15) is 0 Å². The Hall–Kier alpha value is -1.43. The minimum atomic E-state index is -0.510. The number of hydrogen-bond acceptors (Lipinski definition) is 3. The first-order valence-corrected chi connectivity index (χ1v) is 6.03. The molecule has 0 atom stereocenters. The van der Waals surface area contributed by atoms with Crippen LogP contribution < -0.4 is 0 Å². The van der Waals surface area contributed by atoms with Crippen molar-refractivity contribution in [2.24, 2.45) is 0 Å². The van der Waals surface area contributed by atoms with E-state index >= 15 is 0 Å². The largest absolute Gasteiger partial charge is 0.339 e. The lowest BCUT2D eigenvalue weighted by molar-refractivity contribution is -0.385.